The van der Waals surface area contributed by atoms with Crippen LogP contribution in [0.1, 0.15) is 55.9 Å². The lowest BCUT2D eigenvalue weighted by molar-refractivity contribution is -0.131. The largest absolute Gasteiger partial charge is 0.469 e. The molecule has 2 aromatic rings. The molecule has 1 aromatic heterocycles. The third-order valence-corrected chi connectivity index (χ3v) is 4.08. The first kappa shape index (κ1) is 17.3. The quantitative estimate of drug-likeness (QED) is 0.704. The molecule has 0 aliphatic rings. The summed E-state index contributed by atoms with van der Waals surface area (Å²) in [7, 11) is 0. The summed E-state index contributed by atoms with van der Waals surface area (Å²) in [6.45, 7) is 7.94. The molecule has 3 heteroatoms. The number of carbonyl (C=O) groups is 1. The third-order valence-electron chi connectivity index (χ3n) is 4.08. The van der Waals surface area contributed by atoms with E-state index >= 15 is 0 Å². The van der Waals surface area contributed by atoms with Gasteiger partial charge in [-0.1, -0.05) is 43.7 Å². The number of amides is 1. The van der Waals surface area contributed by atoms with Crippen LogP contribution in [0.5, 0.6) is 0 Å². The highest BCUT2D eigenvalue weighted by Crippen LogP contribution is 2.29. The Morgan fingerprint density at radius 1 is 1.09 bits per heavy atom. The maximum absolute atomic E-state index is 12.8. The van der Waals surface area contributed by atoms with Gasteiger partial charge in [0.2, 0.25) is 5.91 Å². The van der Waals surface area contributed by atoms with E-state index in [2.05, 4.69) is 45.0 Å². The summed E-state index contributed by atoms with van der Waals surface area (Å²) in [4.78, 5) is 14.7. The first-order valence-electron chi connectivity index (χ1n) is 8.53. The Labute approximate surface area is 139 Å². The molecular weight excluding hydrogens is 286 g/mol. The Morgan fingerprint density at radius 3 is 2.26 bits per heavy atom. The molecule has 0 aliphatic heterocycles. The Morgan fingerprint density at radius 2 is 1.74 bits per heavy atom. The van der Waals surface area contributed by atoms with Gasteiger partial charge >= 0.3 is 0 Å². The van der Waals surface area contributed by atoms with Gasteiger partial charge in [-0.3, -0.25) is 4.79 Å². The van der Waals surface area contributed by atoms with Gasteiger partial charge in [-0.2, -0.15) is 0 Å². The van der Waals surface area contributed by atoms with E-state index in [-0.39, 0.29) is 11.8 Å². The minimum Gasteiger partial charge on any atom is -0.469 e. The van der Waals surface area contributed by atoms with Crippen LogP contribution in [-0.2, 0) is 4.79 Å². The van der Waals surface area contributed by atoms with Gasteiger partial charge in [0.25, 0.3) is 0 Å². The first-order chi connectivity index (χ1) is 11.2. The number of benzene rings is 1. The monoisotopic (exact) mass is 313 g/mol. The topological polar surface area (TPSA) is 33.5 Å². The zero-order chi connectivity index (χ0) is 16.7. The van der Waals surface area contributed by atoms with Gasteiger partial charge in [0, 0.05) is 19.5 Å². The molecule has 23 heavy (non-hydrogen) atoms. The maximum Gasteiger partial charge on any atom is 0.223 e. The highest BCUT2D eigenvalue weighted by Gasteiger charge is 2.23. The maximum atomic E-state index is 12.8. The fraction of sp³-hybridized carbons (Fsp3) is 0.450. The van der Waals surface area contributed by atoms with E-state index in [1.54, 1.807) is 6.26 Å². The van der Waals surface area contributed by atoms with Crippen LogP contribution in [0.15, 0.2) is 47.1 Å². The number of nitrogens with zero attached hydrogens (tertiary/aromatic N) is 1. The van der Waals surface area contributed by atoms with Crippen molar-refractivity contribution in [3.8, 4) is 0 Å². The van der Waals surface area contributed by atoms with Gasteiger partial charge in [-0.25, -0.2) is 0 Å². The molecule has 1 atom stereocenters. The minimum absolute atomic E-state index is 0.0192. The van der Waals surface area contributed by atoms with Crippen molar-refractivity contribution in [2.24, 2.45) is 0 Å². The molecule has 1 aromatic carbocycles. The number of hydrogen-bond donors (Lipinski definition) is 0. The van der Waals surface area contributed by atoms with E-state index in [1.807, 2.05) is 17.0 Å². The van der Waals surface area contributed by atoms with E-state index in [0.717, 1.165) is 37.3 Å². The standard InChI is InChI=1S/C20H27NO2/c1-4-12-21(13-5-2)20(22)15-18(19-7-6-14-23-19)17-10-8-16(3)9-11-17/h6-11,14,18H,4-5,12-13,15H2,1-3H3. The molecule has 1 unspecified atom stereocenters. The Kier molecular flexibility index (Phi) is 6.45. The Bertz CT molecular complexity index is 581. The average Bonchev–Trinajstić information content (AvgIpc) is 3.07. The molecule has 0 fully saturated rings. The Hall–Kier alpha value is -2.03. The van der Waals surface area contributed by atoms with E-state index in [4.69, 9.17) is 4.42 Å². The van der Waals surface area contributed by atoms with Gasteiger partial charge in [-0.15, -0.1) is 0 Å². The summed E-state index contributed by atoms with van der Waals surface area (Å²) in [5, 5.41) is 0. The van der Waals surface area contributed by atoms with E-state index in [9.17, 15) is 4.79 Å². The molecule has 3 nitrogen and oxygen atoms in total. The molecule has 0 saturated heterocycles. The van der Waals surface area contributed by atoms with Crippen LogP contribution in [0.4, 0.5) is 0 Å². The predicted molar refractivity (Wildman–Crippen MR) is 93.5 cm³/mol. The summed E-state index contributed by atoms with van der Waals surface area (Å²) in [6, 6.07) is 12.2. The molecule has 1 amide bonds. The molecule has 0 saturated carbocycles. The summed E-state index contributed by atoms with van der Waals surface area (Å²) in [6.07, 6.45) is 4.11. The van der Waals surface area contributed by atoms with Crippen LogP contribution < -0.4 is 0 Å². The zero-order valence-electron chi connectivity index (χ0n) is 14.4. The number of aryl methyl sites for hydroxylation is 1. The van der Waals surface area contributed by atoms with Crippen LogP contribution >= 0.6 is 0 Å². The second-order valence-corrected chi connectivity index (χ2v) is 6.06. The third kappa shape index (κ3) is 4.72. The number of hydrogen-bond acceptors (Lipinski definition) is 2. The number of furan rings is 1. The highest BCUT2D eigenvalue weighted by atomic mass is 16.3. The van der Waals surface area contributed by atoms with Crippen molar-refractivity contribution < 1.29 is 9.21 Å². The molecule has 0 spiro atoms. The SMILES string of the molecule is CCCN(CCC)C(=O)CC(c1ccc(C)cc1)c1ccco1. The van der Waals surface area contributed by atoms with E-state index < -0.39 is 0 Å². The second-order valence-electron chi connectivity index (χ2n) is 6.06. The van der Waals surface area contributed by atoms with Crippen molar-refractivity contribution in [2.45, 2.75) is 46.0 Å². The van der Waals surface area contributed by atoms with Crippen molar-refractivity contribution in [1.29, 1.82) is 0 Å². The molecule has 0 aliphatic carbocycles. The summed E-state index contributed by atoms with van der Waals surface area (Å²) in [5.41, 5.74) is 2.35. The van der Waals surface area contributed by atoms with Crippen molar-refractivity contribution in [3.63, 3.8) is 0 Å². The number of carbonyl (C=O) groups excluding carboxylic acids is 1. The smallest absolute Gasteiger partial charge is 0.223 e. The molecule has 1 heterocycles. The fourth-order valence-electron chi connectivity index (χ4n) is 2.88. The van der Waals surface area contributed by atoms with Gasteiger partial charge in [0.1, 0.15) is 5.76 Å². The average molecular weight is 313 g/mol. The lowest BCUT2D eigenvalue weighted by Gasteiger charge is -2.24. The van der Waals surface area contributed by atoms with Crippen LogP contribution in [0, 0.1) is 6.92 Å². The Balaban J connectivity index is 2.21. The van der Waals surface area contributed by atoms with Crippen molar-refractivity contribution in [3.05, 3.63) is 59.5 Å². The summed E-state index contributed by atoms with van der Waals surface area (Å²) in [5.74, 6) is 1.04. The predicted octanol–water partition coefficient (Wildman–Crippen LogP) is 4.76. The summed E-state index contributed by atoms with van der Waals surface area (Å²) >= 11 is 0. The molecule has 0 bridgehead atoms. The van der Waals surface area contributed by atoms with Gasteiger partial charge in [0.05, 0.1) is 12.2 Å². The molecule has 124 valence electrons. The van der Waals surface area contributed by atoms with Crippen molar-refractivity contribution >= 4 is 5.91 Å². The van der Waals surface area contributed by atoms with Crippen LogP contribution in [0.2, 0.25) is 0 Å². The van der Waals surface area contributed by atoms with Gasteiger partial charge in [-0.05, 0) is 37.5 Å². The van der Waals surface area contributed by atoms with E-state index in [1.165, 1.54) is 5.56 Å². The molecule has 2 rings (SSSR count). The fourth-order valence-corrected chi connectivity index (χ4v) is 2.88. The number of rotatable bonds is 8. The van der Waals surface area contributed by atoms with Crippen molar-refractivity contribution in [1.82, 2.24) is 4.90 Å². The van der Waals surface area contributed by atoms with E-state index in [0.29, 0.717) is 6.42 Å². The van der Waals surface area contributed by atoms with Crippen LogP contribution in [0.25, 0.3) is 0 Å². The lowest BCUT2D eigenvalue weighted by atomic mass is 9.92. The van der Waals surface area contributed by atoms with Crippen LogP contribution in [-0.4, -0.2) is 23.9 Å². The zero-order valence-corrected chi connectivity index (χ0v) is 14.4. The highest BCUT2D eigenvalue weighted by molar-refractivity contribution is 5.77. The van der Waals surface area contributed by atoms with Crippen molar-refractivity contribution in [2.75, 3.05) is 13.1 Å². The normalized spacial score (nSPS) is 12.1. The molecular formula is C20H27NO2. The molecule has 0 N–H and O–H groups in total. The van der Waals surface area contributed by atoms with Gasteiger partial charge < -0.3 is 9.32 Å². The van der Waals surface area contributed by atoms with Crippen LogP contribution in [0.3, 0.4) is 0 Å². The minimum atomic E-state index is -0.0192. The summed E-state index contributed by atoms with van der Waals surface area (Å²) < 4.78 is 5.61. The molecule has 0 radical (unpaired) electrons. The second kappa shape index (κ2) is 8.56. The lowest BCUT2D eigenvalue weighted by Crippen LogP contribution is -2.33. The van der Waals surface area contributed by atoms with Gasteiger partial charge in [0.15, 0.2) is 0 Å². The first-order valence-corrected chi connectivity index (χ1v) is 8.53.